The minimum atomic E-state index is 0.621. The largest absolute Gasteiger partial charge is 0.456 e. The van der Waals surface area contributed by atoms with Crippen molar-refractivity contribution in [3.05, 3.63) is 193 Å². The summed E-state index contributed by atoms with van der Waals surface area (Å²) in [5, 5.41) is 3.44. The maximum atomic E-state index is 6.30. The fraction of sp³-hybridized carbons (Fsp3) is 0.0893. The molecule has 0 atom stereocenters. The molecule has 0 aliphatic rings. The van der Waals surface area contributed by atoms with E-state index >= 15 is 0 Å². The zero-order valence-electron chi connectivity index (χ0n) is 34.3. The van der Waals surface area contributed by atoms with Crippen molar-refractivity contribution in [1.29, 1.82) is 0 Å². The van der Waals surface area contributed by atoms with Gasteiger partial charge in [0.2, 0.25) is 0 Å². The monoisotopic (exact) mass is 788 g/mol. The number of unbranched alkanes of at least 4 members (excludes halogenated alkanes) is 1. The quantitative estimate of drug-likeness (QED) is 0.131. The highest BCUT2D eigenvalue weighted by Crippen LogP contribution is 2.42. The van der Waals surface area contributed by atoms with Crippen molar-refractivity contribution >= 4 is 44.9 Å². The highest BCUT2D eigenvalue weighted by Gasteiger charge is 2.21. The molecule has 61 heavy (non-hydrogen) atoms. The fourth-order valence-electron chi connectivity index (χ4n) is 8.58. The van der Waals surface area contributed by atoms with Crippen molar-refractivity contribution in [3.63, 3.8) is 0 Å². The Hall–Kier alpha value is -7.63. The van der Waals surface area contributed by atoms with Gasteiger partial charge in [0, 0.05) is 44.0 Å². The second kappa shape index (κ2) is 16.2. The molecule has 0 spiro atoms. The maximum Gasteiger partial charge on any atom is 0.164 e. The number of allylic oxidation sites excluding steroid dienone is 1. The van der Waals surface area contributed by atoms with Gasteiger partial charge < -0.3 is 8.98 Å². The van der Waals surface area contributed by atoms with Gasteiger partial charge in [0.15, 0.2) is 17.5 Å². The van der Waals surface area contributed by atoms with Crippen LogP contribution in [0.1, 0.15) is 43.6 Å². The van der Waals surface area contributed by atoms with Gasteiger partial charge in [-0.2, -0.15) is 0 Å². The molecule has 0 amide bonds. The lowest BCUT2D eigenvalue weighted by Gasteiger charge is -2.16. The van der Waals surface area contributed by atoms with E-state index in [9.17, 15) is 0 Å². The van der Waals surface area contributed by atoms with Gasteiger partial charge in [-0.25, -0.2) is 15.0 Å². The molecule has 0 radical (unpaired) electrons. The Bertz CT molecular complexity index is 3250. The number of aromatic nitrogens is 4. The number of hydrogen-bond acceptors (Lipinski definition) is 4. The van der Waals surface area contributed by atoms with Crippen molar-refractivity contribution in [2.75, 3.05) is 0 Å². The van der Waals surface area contributed by atoms with E-state index < -0.39 is 0 Å². The summed E-state index contributed by atoms with van der Waals surface area (Å²) in [6.45, 7) is 8.30. The van der Waals surface area contributed by atoms with Crippen LogP contribution in [0.2, 0.25) is 0 Å². The van der Waals surface area contributed by atoms with Crippen LogP contribution in [0.25, 0.3) is 107 Å². The van der Waals surface area contributed by atoms with E-state index in [0.717, 1.165) is 84.4 Å². The number of fused-ring (bicyclic) bond motifs is 4. The molecular formula is C56H44N4O. The molecule has 0 aliphatic heterocycles. The first kappa shape index (κ1) is 37.6. The van der Waals surface area contributed by atoms with Crippen molar-refractivity contribution in [2.45, 2.75) is 33.1 Å². The molecule has 0 saturated heterocycles. The summed E-state index contributed by atoms with van der Waals surface area (Å²) in [5.74, 6) is 2.68. The third kappa shape index (κ3) is 6.94. The zero-order valence-corrected chi connectivity index (χ0v) is 34.3. The fourth-order valence-corrected chi connectivity index (χ4v) is 8.58. The summed E-state index contributed by atoms with van der Waals surface area (Å²) in [4.78, 5) is 15.3. The summed E-state index contributed by atoms with van der Waals surface area (Å²) in [7, 11) is 0. The molecule has 3 aromatic heterocycles. The molecule has 0 N–H and O–H groups in total. The van der Waals surface area contributed by atoms with Crippen LogP contribution in [0.15, 0.2) is 181 Å². The summed E-state index contributed by atoms with van der Waals surface area (Å²) >= 11 is 0. The molecule has 3 heterocycles. The normalized spacial score (nSPS) is 11.6. The maximum absolute atomic E-state index is 6.30. The van der Waals surface area contributed by atoms with Crippen LogP contribution in [0.3, 0.4) is 0 Å². The minimum absolute atomic E-state index is 0.621. The predicted octanol–water partition coefficient (Wildman–Crippen LogP) is 15.1. The average molecular weight is 789 g/mol. The third-order valence-corrected chi connectivity index (χ3v) is 11.6. The summed E-state index contributed by atoms with van der Waals surface area (Å²) in [6, 6.07) is 57.9. The Labute approximate surface area is 356 Å². The van der Waals surface area contributed by atoms with Gasteiger partial charge in [0.25, 0.3) is 0 Å². The molecule has 0 fully saturated rings. The van der Waals surface area contributed by atoms with Crippen LogP contribution in [0.4, 0.5) is 0 Å². The molecule has 10 rings (SSSR count). The lowest BCUT2D eigenvalue weighted by molar-refractivity contribution is 0.603. The Kier molecular flexibility index (Phi) is 9.99. The number of para-hydroxylation sites is 1. The molecule has 10 aromatic rings. The molecule has 0 aliphatic carbocycles. The molecule has 5 heteroatoms. The Balaban J connectivity index is 1.18. The van der Waals surface area contributed by atoms with Gasteiger partial charge in [-0.15, -0.1) is 0 Å². The van der Waals surface area contributed by atoms with Gasteiger partial charge in [0.1, 0.15) is 11.3 Å². The number of benzene rings is 7. The third-order valence-electron chi connectivity index (χ3n) is 11.6. The number of aryl methyl sites for hydroxylation is 1. The average Bonchev–Trinajstić information content (AvgIpc) is 3.86. The SMILES string of the molecule is C=Cc1oc2cccc(-c3ccc4c5ccccc5n(-c5ccc(-c6nc(-c7ccccc7)nc(-c7ccc(CCCC)cc7)n6)cc5-c5ccccc5)c4c3)c2c1/C=C\C. The van der Waals surface area contributed by atoms with E-state index in [1.165, 1.54) is 29.2 Å². The second-order valence-electron chi connectivity index (χ2n) is 15.4. The minimum Gasteiger partial charge on any atom is -0.456 e. The van der Waals surface area contributed by atoms with Crippen LogP contribution in [0.5, 0.6) is 0 Å². The number of nitrogens with zero attached hydrogens (tertiary/aromatic N) is 4. The van der Waals surface area contributed by atoms with E-state index in [1.54, 1.807) is 6.08 Å². The van der Waals surface area contributed by atoms with Crippen molar-refractivity contribution in [2.24, 2.45) is 0 Å². The molecule has 5 nitrogen and oxygen atoms in total. The van der Waals surface area contributed by atoms with Crippen LogP contribution < -0.4 is 0 Å². The Morgan fingerprint density at radius 2 is 1.21 bits per heavy atom. The molecule has 0 saturated carbocycles. The highest BCUT2D eigenvalue weighted by atomic mass is 16.3. The number of furan rings is 1. The van der Waals surface area contributed by atoms with E-state index in [4.69, 9.17) is 19.4 Å². The van der Waals surface area contributed by atoms with Gasteiger partial charge in [-0.3, -0.25) is 0 Å². The van der Waals surface area contributed by atoms with E-state index in [-0.39, 0.29) is 0 Å². The zero-order chi connectivity index (χ0) is 41.3. The Morgan fingerprint density at radius 1 is 0.574 bits per heavy atom. The second-order valence-corrected chi connectivity index (χ2v) is 15.4. The van der Waals surface area contributed by atoms with Crippen molar-refractivity contribution < 1.29 is 4.42 Å². The van der Waals surface area contributed by atoms with Crippen LogP contribution in [-0.4, -0.2) is 19.5 Å². The van der Waals surface area contributed by atoms with Crippen molar-refractivity contribution in [3.8, 4) is 62.1 Å². The first-order valence-electron chi connectivity index (χ1n) is 21.1. The summed E-state index contributed by atoms with van der Waals surface area (Å²) in [6.07, 6.45) is 9.34. The Morgan fingerprint density at radius 3 is 1.93 bits per heavy atom. The first-order chi connectivity index (χ1) is 30.1. The molecule has 7 aromatic carbocycles. The van der Waals surface area contributed by atoms with Crippen molar-refractivity contribution in [1.82, 2.24) is 19.5 Å². The number of rotatable bonds is 11. The predicted molar refractivity (Wildman–Crippen MR) is 255 cm³/mol. The van der Waals surface area contributed by atoms with Gasteiger partial charge in [0.05, 0.1) is 16.7 Å². The lowest BCUT2D eigenvalue weighted by Crippen LogP contribution is -2.02. The van der Waals surface area contributed by atoms with E-state index in [0.29, 0.717) is 17.5 Å². The van der Waals surface area contributed by atoms with Gasteiger partial charge >= 0.3 is 0 Å². The number of hydrogen-bond donors (Lipinski definition) is 0. The van der Waals surface area contributed by atoms with Gasteiger partial charge in [-0.05, 0) is 84.5 Å². The standard InChI is InChI=1S/C56H44N4O/c1-4-7-18-37-27-29-40(30-28-37)55-57-54(39-21-12-9-13-22-39)58-56(59-55)42-32-34-49(47(35-42)38-19-10-8-11-20-38)60-48-25-15-14-23-44(48)45-33-31-41(36-50(45)60)43-24-16-26-52-53(43)46(17-5-2)51(6-3)61-52/h5-6,8-17,19-36H,3-4,7,18H2,1-2H3/b17-5-. The summed E-state index contributed by atoms with van der Waals surface area (Å²) < 4.78 is 8.71. The van der Waals surface area contributed by atoms with Gasteiger partial charge in [-0.1, -0.05) is 159 Å². The van der Waals surface area contributed by atoms with Crippen LogP contribution in [-0.2, 0) is 6.42 Å². The van der Waals surface area contributed by atoms with E-state index in [1.807, 2.05) is 31.2 Å². The van der Waals surface area contributed by atoms with Crippen LogP contribution in [0, 0.1) is 0 Å². The van der Waals surface area contributed by atoms with Crippen LogP contribution >= 0.6 is 0 Å². The highest BCUT2D eigenvalue weighted by molar-refractivity contribution is 6.12. The molecular weight excluding hydrogens is 745 g/mol. The van der Waals surface area contributed by atoms with E-state index in [2.05, 4.69) is 170 Å². The molecule has 0 unspecified atom stereocenters. The summed E-state index contributed by atoms with van der Waals surface area (Å²) in [5.41, 5.74) is 13.7. The molecule has 294 valence electrons. The smallest absolute Gasteiger partial charge is 0.164 e. The topological polar surface area (TPSA) is 56.7 Å². The first-order valence-corrected chi connectivity index (χ1v) is 21.1. The molecule has 0 bridgehead atoms. The lowest BCUT2D eigenvalue weighted by atomic mass is 9.97.